The van der Waals surface area contributed by atoms with Gasteiger partial charge in [-0.2, -0.15) is 0 Å². The van der Waals surface area contributed by atoms with Crippen LogP contribution in [0.15, 0.2) is 12.1 Å². The van der Waals surface area contributed by atoms with Gasteiger partial charge in [-0.15, -0.1) is 0 Å². The number of halogens is 1. The predicted molar refractivity (Wildman–Crippen MR) is 57.9 cm³/mol. The number of anilines is 2. The highest BCUT2D eigenvalue weighted by Crippen LogP contribution is 2.37. The van der Waals surface area contributed by atoms with Crippen molar-refractivity contribution in [3.8, 4) is 0 Å². The van der Waals surface area contributed by atoms with E-state index in [0.717, 1.165) is 23.8 Å². The van der Waals surface area contributed by atoms with Crippen LogP contribution in [0, 0.1) is 6.92 Å². The van der Waals surface area contributed by atoms with Gasteiger partial charge >= 0.3 is 0 Å². The predicted octanol–water partition coefficient (Wildman–Crippen LogP) is 2.51. The second-order valence-corrected chi connectivity index (χ2v) is 3.84. The summed E-state index contributed by atoms with van der Waals surface area (Å²) in [5.74, 6) is 0. The maximum Gasteiger partial charge on any atom is 0.0792 e. The van der Waals surface area contributed by atoms with E-state index in [9.17, 15) is 0 Å². The van der Waals surface area contributed by atoms with Gasteiger partial charge in [0.1, 0.15) is 0 Å². The number of benzene rings is 1. The minimum absolute atomic E-state index is 0.829. The molecule has 0 atom stereocenters. The van der Waals surface area contributed by atoms with Crippen molar-refractivity contribution >= 4 is 23.0 Å². The number of likely N-dealkylation sites (N-methyl/N-ethyl adjacent to an activating group) is 1. The number of rotatable bonds is 0. The van der Waals surface area contributed by atoms with E-state index >= 15 is 0 Å². The summed E-state index contributed by atoms with van der Waals surface area (Å²) in [7, 11) is 2.07. The van der Waals surface area contributed by atoms with Gasteiger partial charge in [-0.05, 0) is 18.6 Å². The molecule has 2 nitrogen and oxygen atoms in total. The van der Waals surface area contributed by atoms with E-state index in [2.05, 4.69) is 24.2 Å². The summed E-state index contributed by atoms with van der Waals surface area (Å²) < 4.78 is 0. The molecule has 13 heavy (non-hydrogen) atoms. The molecule has 3 heteroatoms. The first-order valence-electron chi connectivity index (χ1n) is 4.44. The molecule has 2 rings (SSSR count). The van der Waals surface area contributed by atoms with Crippen LogP contribution < -0.4 is 10.2 Å². The number of fused-ring (bicyclic) bond motifs is 1. The standard InChI is InChI=1S/C10H13ClN2/c1-7-3-4-8(11)10-9(7)12-5-6-13(10)2/h3-4,12H,5-6H2,1-2H3. The summed E-state index contributed by atoms with van der Waals surface area (Å²) in [5.41, 5.74) is 3.57. The molecule has 0 aliphatic carbocycles. The summed E-state index contributed by atoms with van der Waals surface area (Å²) in [6.45, 7) is 4.10. The number of hydrogen-bond acceptors (Lipinski definition) is 2. The summed E-state index contributed by atoms with van der Waals surface area (Å²) in [5, 5.41) is 4.20. The van der Waals surface area contributed by atoms with Crippen molar-refractivity contribution in [1.29, 1.82) is 0 Å². The molecule has 0 saturated heterocycles. The van der Waals surface area contributed by atoms with E-state index in [1.165, 1.54) is 11.3 Å². The normalized spacial score (nSPS) is 15.2. The smallest absolute Gasteiger partial charge is 0.0792 e. The fourth-order valence-electron chi connectivity index (χ4n) is 1.72. The molecule has 1 N–H and O–H groups in total. The lowest BCUT2D eigenvalue weighted by Gasteiger charge is -2.30. The molecule has 0 aromatic heterocycles. The maximum atomic E-state index is 6.13. The Balaban J connectivity index is 2.60. The Morgan fingerprint density at radius 1 is 1.46 bits per heavy atom. The van der Waals surface area contributed by atoms with Crippen LogP contribution in [-0.4, -0.2) is 20.1 Å². The largest absolute Gasteiger partial charge is 0.381 e. The van der Waals surface area contributed by atoms with Gasteiger partial charge in [0, 0.05) is 20.1 Å². The Bertz CT molecular complexity index is 336. The average Bonchev–Trinajstić information content (AvgIpc) is 2.12. The molecule has 1 aromatic carbocycles. The number of aryl methyl sites for hydroxylation is 1. The molecule has 0 unspecified atom stereocenters. The molecule has 70 valence electrons. The van der Waals surface area contributed by atoms with Crippen LogP contribution in [0.25, 0.3) is 0 Å². The molecular weight excluding hydrogens is 184 g/mol. The van der Waals surface area contributed by atoms with Gasteiger partial charge in [0.25, 0.3) is 0 Å². The van der Waals surface area contributed by atoms with E-state index in [0.29, 0.717) is 0 Å². The van der Waals surface area contributed by atoms with Gasteiger partial charge in [0.15, 0.2) is 0 Å². The molecule has 1 heterocycles. The minimum atomic E-state index is 0.829. The molecule has 0 saturated carbocycles. The van der Waals surface area contributed by atoms with E-state index in [-0.39, 0.29) is 0 Å². The summed E-state index contributed by atoms with van der Waals surface area (Å²) >= 11 is 6.13. The summed E-state index contributed by atoms with van der Waals surface area (Å²) in [6, 6.07) is 4.01. The second kappa shape index (κ2) is 3.11. The molecule has 0 fully saturated rings. The average molecular weight is 197 g/mol. The van der Waals surface area contributed by atoms with Gasteiger partial charge in [-0.25, -0.2) is 0 Å². The van der Waals surface area contributed by atoms with Gasteiger partial charge in [0.05, 0.1) is 16.4 Å². The van der Waals surface area contributed by atoms with Crippen LogP contribution >= 0.6 is 11.6 Å². The fourth-order valence-corrected chi connectivity index (χ4v) is 2.03. The molecule has 0 bridgehead atoms. The Labute approximate surface area is 83.5 Å². The summed E-state index contributed by atoms with van der Waals surface area (Å²) in [6.07, 6.45) is 0. The highest BCUT2D eigenvalue weighted by Gasteiger charge is 2.17. The van der Waals surface area contributed by atoms with Crippen molar-refractivity contribution in [2.45, 2.75) is 6.92 Å². The zero-order valence-electron chi connectivity index (χ0n) is 7.89. The van der Waals surface area contributed by atoms with E-state index < -0.39 is 0 Å². The molecule has 0 radical (unpaired) electrons. The van der Waals surface area contributed by atoms with Crippen molar-refractivity contribution in [2.24, 2.45) is 0 Å². The zero-order chi connectivity index (χ0) is 9.42. The van der Waals surface area contributed by atoms with Gasteiger partial charge in [-0.3, -0.25) is 0 Å². The highest BCUT2D eigenvalue weighted by molar-refractivity contribution is 6.34. The van der Waals surface area contributed by atoms with E-state index in [4.69, 9.17) is 11.6 Å². The van der Waals surface area contributed by atoms with Crippen molar-refractivity contribution < 1.29 is 0 Å². The maximum absolute atomic E-state index is 6.13. The quantitative estimate of drug-likeness (QED) is 0.686. The van der Waals surface area contributed by atoms with Crippen LogP contribution in [-0.2, 0) is 0 Å². The fraction of sp³-hybridized carbons (Fsp3) is 0.400. The van der Waals surface area contributed by atoms with Crippen molar-refractivity contribution in [2.75, 3.05) is 30.4 Å². The summed E-state index contributed by atoms with van der Waals surface area (Å²) in [4.78, 5) is 2.20. The van der Waals surface area contributed by atoms with Gasteiger partial charge in [-0.1, -0.05) is 17.7 Å². The number of hydrogen-bond donors (Lipinski definition) is 1. The van der Waals surface area contributed by atoms with Crippen LogP contribution in [0.4, 0.5) is 11.4 Å². The highest BCUT2D eigenvalue weighted by atomic mass is 35.5. The minimum Gasteiger partial charge on any atom is -0.381 e. The lowest BCUT2D eigenvalue weighted by Crippen LogP contribution is -2.31. The molecule has 0 amide bonds. The monoisotopic (exact) mass is 196 g/mol. The van der Waals surface area contributed by atoms with Crippen LogP contribution in [0.1, 0.15) is 5.56 Å². The molecular formula is C10H13ClN2. The molecule has 1 aliphatic rings. The number of nitrogens with one attached hydrogen (secondary N) is 1. The third-order valence-corrected chi connectivity index (χ3v) is 2.77. The first-order chi connectivity index (χ1) is 6.20. The van der Waals surface area contributed by atoms with Crippen molar-refractivity contribution in [3.63, 3.8) is 0 Å². The van der Waals surface area contributed by atoms with Crippen LogP contribution in [0.3, 0.4) is 0 Å². The van der Waals surface area contributed by atoms with Gasteiger partial charge < -0.3 is 10.2 Å². The Hall–Kier alpha value is -0.890. The van der Waals surface area contributed by atoms with Crippen molar-refractivity contribution in [3.05, 3.63) is 22.7 Å². The second-order valence-electron chi connectivity index (χ2n) is 3.44. The molecule has 1 aliphatic heterocycles. The Morgan fingerprint density at radius 2 is 2.23 bits per heavy atom. The zero-order valence-corrected chi connectivity index (χ0v) is 8.65. The lowest BCUT2D eigenvalue weighted by atomic mass is 10.1. The first-order valence-corrected chi connectivity index (χ1v) is 4.82. The van der Waals surface area contributed by atoms with E-state index in [1.807, 2.05) is 12.1 Å². The number of nitrogens with zero attached hydrogens (tertiary/aromatic N) is 1. The Morgan fingerprint density at radius 3 is 2.92 bits per heavy atom. The van der Waals surface area contributed by atoms with Crippen LogP contribution in [0.5, 0.6) is 0 Å². The van der Waals surface area contributed by atoms with Crippen LogP contribution in [0.2, 0.25) is 5.02 Å². The SMILES string of the molecule is Cc1ccc(Cl)c2c1NCCN2C. The van der Waals surface area contributed by atoms with Crippen molar-refractivity contribution in [1.82, 2.24) is 0 Å². The third kappa shape index (κ3) is 1.35. The van der Waals surface area contributed by atoms with Gasteiger partial charge in [0.2, 0.25) is 0 Å². The van der Waals surface area contributed by atoms with E-state index in [1.54, 1.807) is 0 Å². The third-order valence-electron chi connectivity index (χ3n) is 2.47. The topological polar surface area (TPSA) is 15.3 Å². The molecule has 0 spiro atoms. The first kappa shape index (κ1) is 8.70. The lowest BCUT2D eigenvalue weighted by molar-refractivity contribution is 0.884. The molecule has 1 aromatic rings. The Kier molecular flexibility index (Phi) is 2.08.